The Morgan fingerprint density at radius 2 is 1.96 bits per heavy atom. The van der Waals surface area contributed by atoms with E-state index in [0.29, 0.717) is 6.42 Å². The lowest BCUT2D eigenvalue weighted by atomic mass is 9.80. The number of nitrogens with zero attached hydrogens (tertiary/aromatic N) is 1. The topological polar surface area (TPSA) is 46.6 Å². The molecule has 0 bridgehead atoms. The first-order valence-corrected chi connectivity index (χ1v) is 8.89. The zero-order valence-electron chi connectivity index (χ0n) is 15.3. The van der Waals surface area contributed by atoms with E-state index in [0.717, 1.165) is 5.56 Å². The summed E-state index contributed by atoms with van der Waals surface area (Å²) in [5, 5.41) is 0. The minimum Gasteiger partial charge on any atom is -0.459 e. The first kappa shape index (κ1) is 17.9. The molecular formula is C20H26FNO3. The van der Waals surface area contributed by atoms with E-state index in [1.807, 2.05) is 37.3 Å². The van der Waals surface area contributed by atoms with Crippen molar-refractivity contribution in [3.63, 3.8) is 0 Å². The van der Waals surface area contributed by atoms with Gasteiger partial charge in [0.15, 0.2) is 0 Å². The van der Waals surface area contributed by atoms with Gasteiger partial charge < -0.3 is 9.64 Å². The van der Waals surface area contributed by atoms with Gasteiger partial charge in [-0.25, -0.2) is 4.39 Å². The molecule has 3 rings (SSSR count). The highest BCUT2D eigenvalue weighted by Crippen LogP contribution is 2.53. The van der Waals surface area contributed by atoms with Crippen LogP contribution in [0, 0.1) is 11.3 Å². The van der Waals surface area contributed by atoms with Crippen LogP contribution in [0.15, 0.2) is 30.3 Å². The number of carbonyl (C=O) groups is 2. The summed E-state index contributed by atoms with van der Waals surface area (Å²) in [6.45, 7) is 7.52. The van der Waals surface area contributed by atoms with Gasteiger partial charge >= 0.3 is 5.97 Å². The minimum atomic E-state index is -1.28. The Hall–Kier alpha value is -1.91. The highest BCUT2D eigenvalue weighted by Gasteiger charge is 2.65. The summed E-state index contributed by atoms with van der Waals surface area (Å²) in [4.78, 5) is 27.5. The van der Waals surface area contributed by atoms with Crippen LogP contribution < -0.4 is 0 Å². The fourth-order valence-electron chi connectivity index (χ4n) is 4.11. The largest absolute Gasteiger partial charge is 0.459 e. The van der Waals surface area contributed by atoms with Crippen LogP contribution in [-0.4, -0.2) is 35.1 Å². The Morgan fingerprint density at radius 1 is 1.32 bits per heavy atom. The summed E-state index contributed by atoms with van der Waals surface area (Å²) in [7, 11) is 0. The summed E-state index contributed by atoms with van der Waals surface area (Å²) >= 11 is 0. The maximum absolute atomic E-state index is 14.6. The van der Waals surface area contributed by atoms with E-state index in [1.54, 1.807) is 25.7 Å². The molecule has 0 radical (unpaired) electrons. The lowest BCUT2D eigenvalue weighted by Gasteiger charge is -2.31. The molecule has 4 atom stereocenters. The monoisotopic (exact) mass is 347 g/mol. The van der Waals surface area contributed by atoms with Crippen molar-refractivity contribution in [3.05, 3.63) is 35.9 Å². The molecule has 1 aliphatic carbocycles. The predicted octanol–water partition coefficient (Wildman–Crippen LogP) is 3.67. The van der Waals surface area contributed by atoms with Crippen molar-refractivity contribution < 1.29 is 18.7 Å². The van der Waals surface area contributed by atoms with Gasteiger partial charge in [-0.05, 0) is 46.1 Å². The average molecular weight is 347 g/mol. The quantitative estimate of drug-likeness (QED) is 0.784. The van der Waals surface area contributed by atoms with E-state index in [1.165, 1.54) is 0 Å². The number of hydrogen-bond acceptors (Lipinski definition) is 3. The molecule has 5 heteroatoms. The van der Waals surface area contributed by atoms with E-state index < -0.39 is 29.1 Å². The predicted molar refractivity (Wildman–Crippen MR) is 92.5 cm³/mol. The molecule has 1 aromatic carbocycles. The van der Waals surface area contributed by atoms with Gasteiger partial charge in [-0.1, -0.05) is 30.3 Å². The second kappa shape index (κ2) is 6.11. The second-order valence-corrected chi connectivity index (χ2v) is 8.24. The molecule has 1 heterocycles. The van der Waals surface area contributed by atoms with Crippen molar-refractivity contribution in [1.82, 2.24) is 4.90 Å². The normalized spacial score (nSPS) is 30.3. The lowest BCUT2D eigenvalue weighted by molar-refractivity contribution is -0.169. The van der Waals surface area contributed by atoms with Crippen molar-refractivity contribution in [3.8, 4) is 0 Å². The van der Waals surface area contributed by atoms with Crippen LogP contribution in [0.1, 0.15) is 52.1 Å². The van der Waals surface area contributed by atoms with Crippen molar-refractivity contribution in [2.75, 3.05) is 6.54 Å². The lowest BCUT2D eigenvalue weighted by Crippen LogP contribution is -2.42. The number of esters is 1. The molecule has 4 nitrogen and oxygen atoms in total. The van der Waals surface area contributed by atoms with Crippen molar-refractivity contribution in [1.29, 1.82) is 0 Å². The van der Waals surface area contributed by atoms with E-state index in [9.17, 15) is 14.0 Å². The first-order valence-electron chi connectivity index (χ1n) is 8.89. The van der Waals surface area contributed by atoms with Gasteiger partial charge in [0.25, 0.3) is 0 Å². The van der Waals surface area contributed by atoms with Gasteiger partial charge in [0.05, 0.1) is 12.0 Å². The second-order valence-electron chi connectivity index (χ2n) is 8.24. The number of benzene rings is 1. The van der Waals surface area contributed by atoms with Crippen LogP contribution in [-0.2, 0) is 14.3 Å². The van der Waals surface area contributed by atoms with Crippen molar-refractivity contribution >= 4 is 11.9 Å². The fourth-order valence-corrected chi connectivity index (χ4v) is 4.11. The van der Waals surface area contributed by atoms with Gasteiger partial charge in [-0.3, -0.25) is 9.59 Å². The molecule has 1 aromatic rings. The van der Waals surface area contributed by atoms with Crippen molar-refractivity contribution in [2.24, 2.45) is 11.3 Å². The number of carbonyl (C=O) groups excluding carboxylic acids is 2. The molecule has 1 amide bonds. The Morgan fingerprint density at radius 3 is 2.56 bits per heavy atom. The highest BCUT2D eigenvalue weighted by atomic mass is 19.1. The van der Waals surface area contributed by atoms with Crippen LogP contribution in [0.25, 0.3) is 0 Å². The molecule has 0 aromatic heterocycles. The summed E-state index contributed by atoms with van der Waals surface area (Å²) in [6, 6.07) is 9.42. The van der Waals surface area contributed by atoms with E-state index in [2.05, 4.69) is 0 Å². The zero-order chi connectivity index (χ0) is 18.4. The summed E-state index contributed by atoms with van der Waals surface area (Å²) in [6.07, 6.45) is -0.686. The molecular weight excluding hydrogens is 321 g/mol. The molecule has 136 valence electrons. The number of fused-ring (bicyclic) bond motifs is 1. The average Bonchev–Trinajstić information content (AvgIpc) is 3.03. The maximum atomic E-state index is 14.6. The number of rotatable bonds is 3. The maximum Gasteiger partial charge on any atom is 0.315 e. The van der Waals surface area contributed by atoms with Crippen LogP contribution in [0.5, 0.6) is 0 Å². The Labute approximate surface area is 148 Å². The molecule has 0 N–H and O–H groups in total. The molecule has 0 unspecified atom stereocenters. The van der Waals surface area contributed by atoms with Crippen LogP contribution in [0.4, 0.5) is 4.39 Å². The molecule has 2 aliphatic rings. The van der Waals surface area contributed by atoms with Crippen LogP contribution >= 0.6 is 0 Å². The Balaban J connectivity index is 1.91. The third-order valence-electron chi connectivity index (χ3n) is 5.38. The molecule has 2 fully saturated rings. The van der Waals surface area contributed by atoms with Crippen LogP contribution in [0.3, 0.4) is 0 Å². The minimum absolute atomic E-state index is 0.203. The van der Waals surface area contributed by atoms with Gasteiger partial charge in [-0.15, -0.1) is 0 Å². The summed E-state index contributed by atoms with van der Waals surface area (Å²) in [5.41, 5.74) is -0.746. The molecule has 0 spiro atoms. The third kappa shape index (κ3) is 3.05. The van der Waals surface area contributed by atoms with Gasteiger partial charge in [0.2, 0.25) is 5.91 Å². The van der Waals surface area contributed by atoms with Crippen LogP contribution in [0.2, 0.25) is 0 Å². The number of likely N-dealkylation sites (tertiary alicyclic amines) is 1. The summed E-state index contributed by atoms with van der Waals surface area (Å²) in [5.74, 6) is -1.64. The van der Waals surface area contributed by atoms with E-state index in [4.69, 9.17) is 4.74 Å². The number of ether oxygens (including phenoxy) is 1. The van der Waals surface area contributed by atoms with Crippen molar-refractivity contribution in [2.45, 2.75) is 58.4 Å². The Kier molecular flexibility index (Phi) is 4.38. The van der Waals surface area contributed by atoms with E-state index >= 15 is 0 Å². The zero-order valence-corrected chi connectivity index (χ0v) is 15.3. The standard InChI is InChI=1S/C20H26FNO3/c1-13(14-8-6-5-7-9-14)22-12-20(18(24)25-19(2,3)4)11-10-15(21)16(20)17(22)23/h5-9,13,15-16H,10-12H2,1-4H3/t13-,15+,16-,20-/m1/s1. The van der Waals surface area contributed by atoms with Gasteiger partial charge in [0, 0.05) is 6.54 Å². The fraction of sp³-hybridized carbons (Fsp3) is 0.600. The number of halogens is 1. The molecule has 25 heavy (non-hydrogen) atoms. The molecule has 1 saturated heterocycles. The third-order valence-corrected chi connectivity index (χ3v) is 5.38. The number of alkyl halides is 1. The first-order chi connectivity index (χ1) is 11.7. The summed E-state index contributed by atoms with van der Waals surface area (Å²) < 4.78 is 20.1. The van der Waals surface area contributed by atoms with E-state index in [-0.39, 0.29) is 24.9 Å². The SMILES string of the molecule is C[C@H](c1ccccc1)N1C[C@]2(C(=O)OC(C)(C)C)CC[C@H](F)[C@@H]2C1=O. The van der Waals surface area contributed by atoms with Gasteiger partial charge in [0.1, 0.15) is 17.2 Å². The highest BCUT2D eigenvalue weighted by molar-refractivity contribution is 5.93. The van der Waals surface area contributed by atoms with Gasteiger partial charge in [-0.2, -0.15) is 0 Å². The molecule has 1 aliphatic heterocycles. The smallest absolute Gasteiger partial charge is 0.315 e. The number of hydrogen-bond donors (Lipinski definition) is 0. The number of amides is 1. The Bertz CT molecular complexity index is 669. The molecule has 1 saturated carbocycles.